The van der Waals surface area contributed by atoms with Crippen molar-refractivity contribution in [1.29, 1.82) is 0 Å². The van der Waals surface area contributed by atoms with E-state index < -0.39 is 0 Å². The average molecular weight is 285 g/mol. The van der Waals surface area contributed by atoms with Gasteiger partial charge in [-0.15, -0.1) is 0 Å². The van der Waals surface area contributed by atoms with Crippen molar-refractivity contribution in [1.82, 2.24) is 15.0 Å². The molecule has 4 rings (SSSR count). The second-order valence-electron chi connectivity index (χ2n) is 5.35. The third-order valence-corrected chi connectivity index (χ3v) is 3.85. The Kier molecular flexibility index (Phi) is 2.97. The van der Waals surface area contributed by atoms with Crippen LogP contribution in [0, 0.1) is 6.92 Å². The molecule has 0 amide bonds. The highest BCUT2D eigenvalue weighted by Crippen LogP contribution is 2.25. The molecule has 2 aromatic heterocycles. The number of aryl methyl sites for hydroxylation is 1. The number of pyridine rings is 1. The van der Waals surface area contributed by atoms with Crippen LogP contribution in [0.4, 0.5) is 0 Å². The lowest BCUT2D eigenvalue weighted by Gasteiger charge is -2.02. The smallest absolute Gasteiger partial charge is 0.157 e. The summed E-state index contributed by atoms with van der Waals surface area (Å²) < 4.78 is 0. The quantitative estimate of drug-likeness (QED) is 0.584. The Labute approximate surface area is 128 Å². The van der Waals surface area contributed by atoms with Gasteiger partial charge in [0.1, 0.15) is 11.3 Å². The van der Waals surface area contributed by atoms with E-state index in [0.29, 0.717) is 0 Å². The molecule has 0 aliphatic rings. The van der Waals surface area contributed by atoms with Crippen LogP contribution in [0.5, 0.6) is 0 Å². The molecule has 0 saturated carbocycles. The van der Waals surface area contributed by atoms with Crippen molar-refractivity contribution in [2.24, 2.45) is 0 Å². The first kappa shape index (κ1) is 12.8. The maximum Gasteiger partial charge on any atom is 0.157 e. The molecular weight excluding hydrogens is 270 g/mol. The molecule has 2 aromatic carbocycles. The molecular formula is C19H15N3. The van der Waals surface area contributed by atoms with E-state index in [0.717, 1.165) is 28.1 Å². The highest BCUT2D eigenvalue weighted by Gasteiger charge is 2.08. The van der Waals surface area contributed by atoms with Crippen molar-refractivity contribution >= 4 is 11.2 Å². The minimum atomic E-state index is 0.835. The lowest BCUT2D eigenvalue weighted by Crippen LogP contribution is -1.82. The van der Waals surface area contributed by atoms with Gasteiger partial charge >= 0.3 is 0 Å². The van der Waals surface area contributed by atoms with Gasteiger partial charge in [0.15, 0.2) is 5.65 Å². The molecule has 3 heteroatoms. The lowest BCUT2D eigenvalue weighted by atomic mass is 10.0. The van der Waals surface area contributed by atoms with Crippen LogP contribution in [0.25, 0.3) is 33.7 Å². The number of benzene rings is 2. The molecule has 0 bridgehead atoms. The molecule has 4 aromatic rings. The fourth-order valence-corrected chi connectivity index (χ4v) is 2.62. The van der Waals surface area contributed by atoms with E-state index >= 15 is 0 Å². The van der Waals surface area contributed by atoms with Gasteiger partial charge in [0.25, 0.3) is 0 Å². The molecule has 106 valence electrons. The van der Waals surface area contributed by atoms with Crippen LogP contribution in [-0.4, -0.2) is 15.0 Å². The lowest BCUT2D eigenvalue weighted by molar-refractivity contribution is 1.30. The molecule has 22 heavy (non-hydrogen) atoms. The van der Waals surface area contributed by atoms with E-state index in [-0.39, 0.29) is 0 Å². The SMILES string of the molecule is Cc1ccnc2[nH]c(-c3ccc(-c4ccccc4)cc3)nc12. The van der Waals surface area contributed by atoms with Gasteiger partial charge in [-0.3, -0.25) is 0 Å². The normalized spacial score (nSPS) is 11.0. The zero-order chi connectivity index (χ0) is 14.9. The first-order valence-corrected chi connectivity index (χ1v) is 7.28. The van der Waals surface area contributed by atoms with Crippen molar-refractivity contribution < 1.29 is 0 Å². The van der Waals surface area contributed by atoms with Gasteiger partial charge in [0.2, 0.25) is 0 Å². The van der Waals surface area contributed by atoms with Crippen molar-refractivity contribution in [2.75, 3.05) is 0 Å². The summed E-state index contributed by atoms with van der Waals surface area (Å²) in [6.07, 6.45) is 1.80. The van der Waals surface area contributed by atoms with Crippen molar-refractivity contribution in [3.63, 3.8) is 0 Å². The summed E-state index contributed by atoms with van der Waals surface area (Å²) in [7, 11) is 0. The second kappa shape index (κ2) is 5.11. The molecule has 2 heterocycles. The number of hydrogen-bond acceptors (Lipinski definition) is 2. The van der Waals surface area contributed by atoms with Crippen LogP contribution in [0.3, 0.4) is 0 Å². The first-order valence-electron chi connectivity index (χ1n) is 7.28. The Balaban J connectivity index is 1.74. The summed E-state index contributed by atoms with van der Waals surface area (Å²) in [4.78, 5) is 12.3. The third-order valence-electron chi connectivity index (χ3n) is 3.85. The number of aromatic amines is 1. The molecule has 0 atom stereocenters. The van der Waals surface area contributed by atoms with Crippen LogP contribution < -0.4 is 0 Å². The van der Waals surface area contributed by atoms with E-state index in [1.165, 1.54) is 11.1 Å². The maximum atomic E-state index is 4.67. The van der Waals surface area contributed by atoms with Crippen molar-refractivity contribution in [3.8, 4) is 22.5 Å². The minimum absolute atomic E-state index is 0.835. The number of H-pyrrole nitrogens is 1. The van der Waals surface area contributed by atoms with Gasteiger partial charge in [-0.25, -0.2) is 9.97 Å². The molecule has 0 radical (unpaired) electrons. The highest BCUT2D eigenvalue weighted by atomic mass is 15.0. The average Bonchev–Trinajstić information content (AvgIpc) is 3.02. The number of nitrogens with one attached hydrogen (secondary N) is 1. The number of nitrogens with zero attached hydrogens (tertiary/aromatic N) is 2. The molecule has 0 fully saturated rings. The van der Waals surface area contributed by atoms with Gasteiger partial charge in [0.05, 0.1) is 0 Å². The Hall–Kier alpha value is -2.94. The summed E-state index contributed by atoms with van der Waals surface area (Å²) in [5.74, 6) is 0.858. The Morgan fingerprint density at radius 2 is 1.45 bits per heavy atom. The van der Waals surface area contributed by atoms with Gasteiger partial charge in [-0.05, 0) is 29.7 Å². The van der Waals surface area contributed by atoms with E-state index in [2.05, 4.69) is 63.5 Å². The Morgan fingerprint density at radius 1 is 0.773 bits per heavy atom. The maximum absolute atomic E-state index is 4.67. The summed E-state index contributed by atoms with van der Waals surface area (Å²) in [5, 5.41) is 0. The summed E-state index contributed by atoms with van der Waals surface area (Å²) >= 11 is 0. The minimum Gasteiger partial charge on any atom is -0.323 e. The molecule has 0 aliphatic heterocycles. The number of aromatic nitrogens is 3. The molecule has 3 nitrogen and oxygen atoms in total. The van der Waals surface area contributed by atoms with E-state index in [1.54, 1.807) is 6.20 Å². The monoisotopic (exact) mass is 285 g/mol. The summed E-state index contributed by atoms with van der Waals surface area (Å²) in [6, 6.07) is 20.8. The van der Waals surface area contributed by atoms with Crippen LogP contribution in [0.15, 0.2) is 66.9 Å². The molecule has 1 N–H and O–H groups in total. The molecule has 0 aliphatic carbocycles. The highest BCUT2D eigenvalue weighted by molar-refractivity contribution is 5.79. The standard InChI is InChI=1S/C19H15N3/c1-13-11-12-20-19-17(13)21-18(22-19)16-9-7-15(8-10-16)14-5-3-2-4-6-14/h2-12H,1H3,(H,20,21,22). The molecule has 0 unspecified atom stereocenters. The first-order chi connectivity index (χ1) is 10.8. The van der Waals surface area contributed by atoms with E-state index in [4.69, 9.17) is 0 Å². The van der Waals surface area contributed by atoms with Gasteiger partial charge < -0.3 is 4.98 Å². The number of fused-ring (bicyclic) bond motifs is 1. The van der Waals surface area contributed by atoms with E-state index in [1.807, 2.05) is 19.1 Å². The van der Waals surface area contributed by atoms with E-state index in [9.17, 15) is 0 Å². The second-order valence-corrected chi connectivity index (χ2v) is 5.35. The van der Waals surface area contributed by atoms with Crippen LogP contribution in [0.1, 0.15) is 5.56 Å². The van der Waals surface area contributed by atoms with Gasteiger partial charge in [-0.2, -0.15) is 0 Å². The molecule has 0 spiro atoms. The van der Waals surface area contributed by atoms with Crippen LogP contribution >= 0.6 is 0 Å². The zero-order valence-corrected chi connectivity index (χ0v) is 12.2. The zero-order valence-electron chi connectivity index (χ0n) is 12.2. The third kappa shape index (κ3) is 2.17. The van der Waals surface area contributed by atoms with Crippen molar-refractivity contribution in [2.45, 2.75) is 6.92 Å². The van der Waals surface area contributed by atoms with Gasteiger partial charge in [0, 0.05) is 11.8 Å². The predicted octanol–water partition coefficient (Wildman–Crippen LogP) is 4.60. The fourth-order valence-electron chi connectivity index (χ4n) is 2.62. The number of rotatable bonds is 2. The largest absolute Gasteiger partial charge is 0.323 e. The van der Waals surface area contributed by atoms with Crippen molar-refractivity contribution in [3.05, 3.63) is 72.4 Å². The summed E-state index contributed by atoms with van der Waals surface area (Å²) in [5.41, 5.74) is 6.39. The van der Waals surface area contributed by atoms with Crippen LogP contribution in [-0.2, 0) is 0 Å². The Bertz CT molecular complexity index is 922. The fraction of sp³-hybridized carbons (Fsp3) is 0.0526. The topological polar surface area (TPSA) is 41.6 Å². The van der Waals surface area contributed by atoms with Gasteiger partial charge in [-0.1, -0.05) is 54.6 Å². The molecule has 0 saturated heterocycles. The predicted molar refractivity (Wildman–Crippen MR) is 89.5 cm³/mol. The Morgan fingerprint density at radius 3 is 2.18 bits per heavy atom. The summed E-state index contributed by atoms with van der Waals surface area (Å²) in [6.45, 7) is 2.05. The number of hydrogen-bond donors (Lipinski definition) is 1. The number of imidazole rings is 1. The van der Waals surface area contributed by atoms with Crippen LogP contribution in [0.2, 0.25) is 0 Å².